The molecule has 2 nitrogen and oxygen atoms in total. The molecule has 0 saturated carbocycles. The largest absolute Gasteiger partial charge is 0.399 e. The highest BCUT2D eigenvalue weighted by Gasteiger charge is 2.12. The number of benzene rings is 3. The molecule has 0 amide bonds. The smallest absolute Gasteiger partial charge is 0.0463 e. The van der Waals surface area contributed by atoms with E-state index in [4.69, 9.17) is 5.73 Å². The molecule has 0 heterocycles. The molecule has 0 aromatic heterocycles. The average molecular weight is 316 g/mol. The molecule has 0 bridgehead atoms. The summed E-state index contributed by atoms with van der Waals surface area (Å²) < 4.78 is 0. The summed E-state index contributed by atoms with van der Waals surface area (Å²) in [6, 6.07) is 27.3. The molecule has 2 heteroatoms. The molecule has 0 aliphatic heterocycles. The van der Waals surface area contributed by atoms with Crippen LogP contribution < -0.4 is 10.6 Å². The first kappa shape index (κ1) is 16.1. The molecule has 2 N–H and O–H groups in total. The minimum Gasteiger partial charge on any atom is -0.399 e. The number of para-hydroxylation sites is 1. The van der Waals surface area contributed by atoms with Crippen LogP contribution in [0.1, 0.15) is 31.7 Å². The molecular formula is C22H24N2. The van der Waals surface area contributed by atoms with Crippen molar-refractivity contribution in [2.24, 2.45) is 0 Å². The van der Waals surface area contributed by atoms with Gasteiger partial charge in [-0.05, 0) is 66.4 Å². The number of nitrogen functional groups attached to an aromatic ring is 1. The Morgan fingerprint density at radius 1 is 0.750 bits per heavy atom. The van der Waals surface area contributed by atoms with Gasteiger partial charge in [-0.15, -0.1) is 0 Å². The van der Waals surface area contributed by atoms with Crippen LogP contribution in [0.15, 0.2) is 78.9 Å². The Balaban J connectivity index is 2.03. The molecule has 0 aliphatic carbocycles. The molecule has 0 spiro atoms. The predicted molar refractivity (Wildman–Crippen MR) is 104 cm³/mol. The van der Waals surface area contributed by atoms with Gasteiger partial charge in [-0.3, -0.25) is 0 Å². The Bertz CT molecular complexity index is 761. The highest BCUT2D eigenvalue weighted by atomic mass is 15.1. The van der Waals surface area contributed by atoms with E-state index in [0.29, 0.717) is 5.92 Å². The first-order chi connectivity index (χ1) is 11.7. The van der Waals surface area contributed by atoms with Gasteiger partial charge in [-0.2, -0.15) is 0 Å². The zero-order chi connectivity index (χ0) is 16.9. The first-order valence-corrected chi connectivity index (χ1v) is 8.49. The zero-order valence-electron chi connectivity index (χ0n) is 14.3. The zero-order valence-corrected chi connectivity index (χ0v) is 14.3. The standard InChI is InChI=1S/C22H24N2/c1-3-17(2)18-9-13-21(14-10-18)24(20-7-5-4-6-8-20)22-15-11-19(23)12-16-22/h4-17H,3,23H2,1-2H3. The molecule has 122 valence electrons. The Labute approximate surface area is 144 Å². The molecule has 1 unspecified atom stereocenters. The molecular weight excluding hydrogens is 292 g/mol. The van der Waals surface area contributed by atoms with Crippen LogP contribution >= 0.6 is 0 Å². The second-order valence-electron chi connectivity index (χ2n) is 6.16. The summed E-state index contributed by atoms with van der Waals surface area (Å²) in [6.07, 6.45) is 1.15. The minimum atomic E-state index is 0.584. The Morgan fingerprint density at radius 2 is 1.25 bits per heavy atom. The fraction of sp³-hybridized carbons (Fsp3) is 0.182. The molecule has 3 aromatic carbocycles. The van der Waals surface area contributed by atoms with Crippen LogP contribution in [0.2, 0.25) is 0 Å². The van der Waals surface area contributed by atoms with Gasteiger partial charge >= 0.3 is 0 Å². The number of hydrogen-bond acceptors (Lipinski definition) is 2. The topological polar surface area (TPSA) is 29.3 Å². The normalized spacial score (nSPS) is 11.9. The predicted octanol–water partition coefficient (Wildman–Crippen LogP) is 6.25. The first-order valence-electron chi connectivity index (χ1n) is 8.49. The monoisotopic (exact) mass is 316 g/mol. The van der Waals surface area contributed by atoms with Crippen LogP contribution in [-0.4, -0.2) is 0 Å². The Hall–Kier alpha value is -2.74. The summed E-state index contributed by atoms with van der Waals surface area (Å²) in [5.41, 5.74) is 11.4. The maximum Gasteiger partial charge on any atom is 0.0463 e. The number of anilines is 4. The fourth-order valence-corrected chi connectivity index (χ4v) is 2.84. The summed E-state index contributed by atoms with van der Waals surface area (Å²) >= 11 is 0. The van der Waals surface area contributed by atoms with Crippen LogP contribution in [-0.2, 0) is 0 Å². The van der Waals surface area contributed by atoms with E-state index in [0.717, 1.165) is 29.2 Å². The van der Waals surface area contributed by atoms with Gasteiger partial charge in [0.2, 0.25) is 0 Å². The van der Waals surface area contributed by atoms with Crippen LogP contribution in [0.5, 0.6) is 0 Å². The highest BCUT2D eigenvalue weighted by Crippen LogP contribution is 2.35. The molecule has 1 atom stereocenters. The van der Waals surface area contributed by atoms with Crippen molar-refractivity contribution < 1.29 is 0 Å². The van der Waals surface area contributed by atoms with E-state index < -0.39 is 0 Å². The summed E-state index contributed by atoms with van der Waals surface area (Å²) in [5, 5.41) is 0. The third kappa shape index (κ3) is 3.43. The number of nitrogens with zero attached hydrogens (tertiary/aromatic N) is 1. The van der Waals surface area contributed by atoms with Crippen LogP contribution in [0, 0.1) is 0 Å². The van der Waals surface area contributed by atoms with Gasteiger partial charge in [0, 0.05) is 22.7 Å². The van der Waals surface area contributed by atoms with E-state index in [1.165, 1.54) is 5.56 Å². The third-order valence-corrected chi connectivity index (χ3v) is 4.50. The van der Waals surface area contributed by atoms with E-state index in [9.17, 15) is 0 Å². The van der Waals surface area contributed by atoms with Gasteiger partial charge in [0.1, 0.15) is 0 Å². The fourth-order valence-electron chi connectivity index (χ4n) is 2.84. The number of nitrogens with two attached hydrogens (primary N) is 1. The maximum atomic E-state index is 5.85. The summed E-state index contributed by atoms with van der Waals surface area (Å²) in [6.45, 7) is 4.49. The van der Waals surface area contributed by atoms with Gasteiger partial charge < -0.3 is 10.6 Å². The van der Waals surface area contributed by atoms with E-state index in [2.05, 4.69) is 79.4 Å². The van der Waals surface area contributed by atoms with Gasteiger partial charge in [0.05, 0.1) is 0 Å². The van der Waals surface area contributed by atoms with Crippen molar-refractivity contribution >= 4 is 22.7 Å². The van der Waals surface area contributed by atoms with Crippen molar-refractivity contribution in [3.8, 4) is 0 Å². The molecule has 24 heavy (non-hydrogen) atoms. The van der Waals surface area contributed by atoms with Gasteiger partial charge in [-0.1, -0.05) is 44.2 Å². The van der Waals surface area contributed by atoms with Crippen molar-refractivity contribution in [2.45, 2.75) is 26.2 Å². The highest BCUT2D eigenvalue weighted by molar-refractivity contribution is 5.77. The molecule has 3 aromatic rings. The molecule has 3 rings (SSSR count). The van der Waals surface area contributed by atoms with Crippen molar-refractivity contribution in [2.75, 3.05) is 10.6 Å². The quantitative estimate of drug-likeness (QED) is 0.563. The van der Waals surface area contributed by atoms with E-state index in [1.54, 1.807) is 0 Å². The van der Waals surface area contributed by atoms with Crippen molar-refractivity contribution in [3.05, 3.63) is 84.4 Å². The Kier molecular flexibility index (Phi) is 4.85. The second kappa shape index (κ2) is 7.22. The van der Waals surface area contributed by atoms with Gasteiger partial charge in [0.15, 0.2) is 0 Å². The number of hydrogen-bond donors (Lipinski definition) is 1. The van der Waals surface area contributed by atoms with E-state index in [1.807, 2.05) is 18.2 Å². The molecule has 0 radical (unpaired) electrons. The van der Waals surface area contributed by atoms with Gasteiger partial charge in [0.25, 0.3) is 0 Å². The molecule has 0 fully saturated rings. The van der Waals surface area contributed by atoms with Crippen LogP contribution in [0.4, 0.5) is 22.7 Å². The van der Waals surface area contributed by atoms with Crippen LogP contribution in [0.3, 0.4) is 0 Å². The van der Waals surface area contributed by atoms with E-state index >= 15 is 0 Å². The number of rotatable bonds is 5. The SMILES string of the molecule is CCC(C)c1ccc(N(c2ccccc2)c2ccc(N)cc2)cc1. The third-order valence-electron chi connectivity index (χ3n) is 4.50. The summed E-state index contributed by atoms with van der Waals surface area (Å²) in [4.78, 5) is 2.25. The minimum absolute atomic E-state index is 0.584. The second-order valence-corrected chi connectivity index (χ2v) is 6.16. The van der Waals surface area contributed by atoms with Crippen molar-refractivity contribution in [3.63, 3.8) is 0 Å². The Morgan fingerprint density at radius 3 is 1.79 bits per heavy atom. The lowest BCUT2D eigenvalue weighted by atomic mass is 9.98. The van der Waals surface area contributed by atoms with Gasteiger partial charge in [-0.25, -0.2) is 0 Å². The van der Waals surface area contributed by atoms with Crippen molar-refractivity contribution in [1.82, 2.24) is 0 Å². The maximum absolute atomic E-state index is 5.85. The summed E-state index contributed by atoms with van der Waals surface area (Å²) in [7, 11) is 0. The summed E-state index contributed by atoms with van der Waals surface area (Å²) in [5.74, 6) is 0.584. The van der Waals surface area contributed by atoms with Crippen LogP contribution in [0.25, 0.3) is 0 Å². The molecule has 0 saturated heterocycles. The van der Waals surface area contributed by atoms with Crippen molar-refractivity contribution in [1.29, 1.82) is 0 Å². The lowest BCUT2D eigenvalue weighted by Gasteiger charge is -2.26. The average Bonchev–Trinajstić information content (AvgIpc) is 2.64. The lowest BCUT2D eigenvalue weighted by molar-refractivity contribution is 0.733. The lowest BCUT2D eigenvalue weighted by Crippen LogP contribution is -2.10. The van der Waals surface area contributed by atoms with E-state index in [-0.39, 0.29) is 0 Å². The molecule has 0 aliphatic rings.